The summed E-state index contributed by atoms with van der Waals surface area (Å²) in [6, 6.07) is 71.4. The van der Waals surface area contributed by atoms with Gasteiger partial charge in [0.05, 0.1) is 27.8 Å². The third-order valence-corrected chi connectivity index (χ3v) is 11.0. The van der Waals surface area contributed by atoms with E-state index in [9.17, 15) is 0 Å². The van der Waals surface area contributed by atoms with Crippen molar-refractivity contribution in [1.82, 2.24) is 19.1 Å². The van der Waals surface area contributed by atoms with Crippen molar-refractivity contribution in [3.63, 3.8) is 0 Å². The molecule has 0 aliphatic carbocycles. The summed E-state index contributed by atoms with van der Waals surface area (Å²) in [6.45, 7) is 0. The van der Waals surface area contributed by atoms with Crippen LogP contribution in [-0.4, -0.2) is 19.1 Å². The maximum absolute atomic E-state index is 5.19. The van der Waals surface area contributed by atoms with Gasteiger partial charge in [-0.25, -0.2) is 9.97 Å². The highest BCUT2D eigenvalue weighted by Crippen LogP contribution is 2.38. The second-order valence-corrected chi connectivity index (χ2v) is 14.3. The number of nitrogens with zero attached hydrogens (tertiary/aromatic N) is 4. The molecule has 262 valence electrons. The first-order valence-electron chi connectivity index (χ1n) is 19.0. The first kappa shape index (κ1) is 31.9. The zero-order valence-corrected chi connectivity index (χ0v) is 30.4. The predicted molar refractivity (Wildman–Crippen MR) is 232 cm³/mol. The first-order valence-corrected chi connectivity index (χ1v) is 19.0. The van der Waals surface area contributed by atoms with E-state index in [1.54, 1.807) is 0 Å². The smallest absolute Gasteiger partial charge is 0.235 e. The molecule has 4 nitrogen and oxygen atoms in total. The molecule has 11 aromatic rings. The largest absolute Gasteiger partial charge is 0.309 e. The van der Waals surface area contributed by atoms with Crippen molar-refractivity contribution in [3.05, 3.63) is 206 Å². The third kappa shape index (κ3) is 5.31. The highest BCUT2D eigenvalue weighted by atomic mass is 15.2. The van der Waals surface area contributed by atoms with Crippen molar-refractivity contribution in [2.45, 2.75) is 0 Å². The molecule has 0 radical (unpaired) electrons. The Labute approximate surface area is 324 Å². The molecule has 3 aromatic heterocycles. The Morgan fingerprint density at radius 3 is 1.45 bits per heavy atom. The van der Waals surface area contributed by atoms with Crippen LogP contribution in [0.5, 0.6) is 0 Å². The topological polar surface area (TPSA) is 35.6 Å². The van der Waals surface area contributed by atoms with Crippen LogP contribution >= 0.6 is 0 Å². The van der Waals surface area contributed by atoms with E-state index in [4.69, 9.17) is 9.97 Å². The lowest BCUT2D eigenvalue weighted by molar-refractivity contribution is 0.992. The molecule has 8 aromatic carbocycles. The number of rotatable bonds is 6. The summed E-state index contributed by atoms with van der Waals surface area (Å²) in [5.41, 5.74) is 14.7. The first-order chi connectivity index (χ1) is 27.8. The Morgan fingerprint density at radius 2 is 0.768 bits per heavy atom. The number of hydrogen-bond acceptors (Lipinski definition) is 2. The lowest BCUT2D eigenvalue weighted by atomic mass is 9.98. The fourth-order valence-electron chi connectivity index (χ4n) is 8.34. The van der Waals surface area contributed by atoms with Crippen molar-refractivity contribution in [2.24, 2.45) is 0 Å². The second-order valence-electron chi connectivity index (χ2n) is 14.3. The molecular weight excluding hydrogens is 681 g/mol. The number of para-hydroxylation sites is 3. The van der Waals surface area contributed by atoms with Crippen LogP contribution in [0.15, 0.2) is 206 Å². The van der Waals surface area contributed by atoms with Gasteiger partial charge in [-0.05, 0) is 94.0 Å². The Kier molecular flexibility index (Phi) is 7.46. The minimum Gasteiger partial charge on any atom is -0.309 e. The Morgan fingerprint density at radius 1 is 0.304 bits per heavy atom. The van der Waals surface area contributed by atoms with E-state index < -0.39 is 0 Å². The van der Waals surface area contributed by atoms with Crippen molar-refractivity contribution in [3.8, 4) is 56.3 Å². The molecule has 0 atom stereocenters. The summed E-state index contributed by atoms with van der Waals surface area (Å²) < 4.78 is 4.56. The maximum Gasteiger partial charge on any atom is 0.235 e. The molecule has 0 N–H and O–H groups in total. The molecule has 0 bridgehead atoms. The Hall–Kier alpha value is -7.56. The zero-order valence-electron chi connectivity index (χ0n) is 30.4. The van der Waals surface area contributed by atoms with E-state index in [2.05, 4.69) is 197 Å². The van der Waals surface area contributed by atoms with Gasteiger partial charge < -0.3 is 4.57 Å². The molecule has 0 saturated carbocycles. The van der Waals surface area contributed by atoms with E-state index in [-0.39, 0.29) is 0 Å². The van der Waals surface area contributed by atoms with Crippen LogP contribution in [0, 0.1) is 0 Å². The van der Waals surface area contributed by atoms with Crippen molar-refractivity contribution in [2.75, 3.05) is 0 Å². The minimum atomic E-state index is 0.647. The van der Waals surface area contributed by atoms with Gasteiger partial charge in [-0.1, -0.05) is 140 Å². The Bertz CT molecular complexity index is 3230. The van der Waals surface area contributed by atoms with Gasteiger partial charge in [0.15, 0.2) is 0 Å². The van der Waals surface area contributed by atoms with Crippen LogP contribution in [0.25, 0.3) is 99.9 Å². The maximum atomic E-state index is 5.19. The second kappa shape index (κ2) is 13.1. The molecule has 0 fully saturated rings. The number of benzene rings is 8. The van der Waals surface area contributed by atoms with Crippen molar-refractivity contribution >= 4 is 43.6 Å². The van der Waals surface area contributed by atoms with Crippen LogP contribution in [0.3, 0.4) is 0 Å². The normalized spacial score (nSPS) is 11.6. The lowest BCUT2D eigenvalue weighted by Crippen LogP contribution is -2.01. The molecule has 0 aliphatic heterocycles. The lowest BCUT2D eigenvalue weighted by Gasteiger charge is -2.10. The van der Waals surface area contributed by atoms with Gasteiger partial charge in [0.1, 0.15) is 0 Å². The summed E-state index contributed by atoms with van der Waals surface area (Å²) >= 11 is 0. The zero-order chi connectivity index (χ0) is 37.0. The number of aromatic nitrogens is 4. The fourth-order valence-corrected chi connectivity index (χ4v) is 8.34. The molecule has 56 heavy (non-hydrogen) atoms. The fraction of sp³-hybridized carbons (Fsp3) is 0. The average Bonchev–Trinajstić information content (AvgIpc) is 3.79. The molecule has 11 rings (SSSR count). The predicted octanol–water partition coefficient (Wildman–Crippen LogP) is 13.3. The van der Waals surface area contributed by atoms with Gasteiger partial charge >= 0.3 is 0 Å². The van der Waals surface area contributed by atoms with Gasteiger partial charge in [-0.15, -0.1) is 0 Å². The highest BCUT2D eigenvalue weighted by Gasteiger charge is 2.17. The summed E-state index contributed by atoms with van der Waals surface area (Å²) in [4.78, 5) is 10.0. The number of fused-ring (bicyclic) bond motifs is 6. The molecule has 0 amide bonds. The highest BCUT2D eigenvalue weighted by molar-refractivity contribution is 6.12. The monoisotopic (exact) mass is 714 g/mol. The quantitative estimate of drug-likeness (QED) is 0.172. The summed E-state index contributed by atoms with van der Waals surface area (Å²) in [5, 5.41) is 4.82. The molecule has 0 unspecified atom stereocenters. The van der Waals surface area contributed by atoms with Gasteiger partial charge in [0.25, 0.3) is 0 Å². The van der Waals surface area contributed by atoms with Crippen molar-refractivity contribution in [1.29, 1.82) is 0 Å². The van der Waals surface area contributed by atoms with Gasteiger partial charge in [0.2, 0.25) is 5.95 Å². The van der Waals surface area contributed by atoms with Crippen LogP contribution in [0.2, 0.25) is 0 Å². The van der Waals surface area contributed by atoms with Crippen LogP contribution in [-0.2, 0) is 0 Å². The minimum absolute atomic E-state index is 0.647. The SMILES string of the molecule is c1ccc(-c2ccc(-c3cccc(-c4ccnc(-n5c6ccccc6c6cc(-c7ccc8c(c7)c7ccccc7n8-c7ccccc7)ccc65)n4)c3)cc2)cc1. The summed E-state index contributed by atoms with van der Waals surface area (Å²) in [5.74, 6) is 0.647. The van der Waals surface area contributed by atoms with Crippen LogP contribution in [0.1, 0.15) is 0 Å². The van der Waals surface area contributed by atoms with Crippen LogP contribution < -0.4 is 0 Å². The Balaban J connectivity index is 0.984. The molecular formula is C52H34N4. The van der Waals surface area contributed by atoms with Gasteiger partial charge in [-0.2, -0.15) is 0 Å². The molecule has 0 saturated heterocycles. The van der Waals surface area contributed by atoms with E-state index in [1.807, 2.05) is 18.3 Å². The van der Waals surface area contributed by atoms with E-state index in [0.29, 0.717) is 5.95 Å². The van der Waals surface area contributed by atoms with Gasteiger partial charge in [-0.3, -0.25) is 4.57 Å². The van der Waals surface area contributed by atoms with E-state index in [0.717, 1.165) is 33.5 Å². The summed E-state index contributed by atoms with van der Waals surface area (Å²) in [7, 11) is 0. The van der Waals surface area contributed by atoms with Crippen LogP contribution in [0.4, 0.5) is 0 Å². The third-order valence-electron chi connectivity index (χ3n) is 11.0. The van der Waals surface area contributed by atoms with E-state index in [1.165, 1.54) is 60.4 Å². The van der Waals surface area contributed by atoms with E-state index >= 15 is 0 Å². The number of hydrogen-bond donors (Lipinski definition) is 0. The molecule has 3 heterocycles. The standard InChI is InChI=1S/C52H34N4/c1-3-12-35(13-4-1)36-22-24-37(25-23-36)38-14-11-15-41(32-38)47-30-31-53-52(54-47)56-49-21-10-8-19-44(49)46-34-40(27-29-51(46)56)39-26-28-50-45(33-39)43-18-7-9-20-48(43)55(50)42-16-5-2-6-17-42/h1-34H. The molecule has 0 spiro atoms. The van der Waals surface area contributed by atoms with Crippen molar-refractivity contribution < 1.29 is 0 Å². The molecule has 0 aliphatic rings. The van der Waals surface area contributed by atoms with Gasteiger partial charge in [0, 0.05) is 39.0 Å². The molecule has 4 heteroatoms. The average molecular weight is 715 g/mol. The summed E-state index contributed by atoms with van der Waals surface area (Å²) in [6.07, 6.45) is 1.87.